The lowest BCUT2D eigenvalue weighted by atomic mass is 9.94. The van der Waals surface area contributed by atoms with Crippen LogP contribution in [0.5, 0.6) is 0 Å². The number of aryl methyl sites for hydroxylation is 9. The molecule has 0 unspecified atom stereocenters. The normalized spacial score (nSPS) is 10.4. The number of rotatable bonds is 2. The Labute approximate surface area is 240 Å². The predicted octanol–water partition coefficient (Wildman–Crippen LogP) is 11.0. The zero-order chi connectivity index (χ0) is 29.6. The molecule has 0 nitrogen and oxygen atoms in total. The highest BCUT2D eigenvalue weighted by molar-refractivity contribution is 5.43. The molecule has 0 amide bonds. The second-order valence-corrected chi connectivity index (χ2v) is 11.9. The van der Waals surface area contributed by atoms with Crippen LogP contribution in [-0.4, -0.2) is 0 Å². The second kappa shape index (κ2) is 13.8. The zero-order valence-electron chi connectivity index (χ0n) is 27.3. The van der Waals surface area contributed by atoms with E-state index in [4.69, 9.17) is 0 Å². The number of benzene rings is 4. The smallest absolute Gasteiger partial charge is 0.00254 e. The van der Waals surface area contributed by atoms with E-state index in [1.807, 2.05) is 0 Å². The Morgan fingerprint density at radius 3 is 1.00 bits per heavy atom. The van der Waals surface area contributed by atoms with Crippen molar-refractivity contribution >= 4 is 0 Å². The van der Waals surface area contributed by atoms with Gasteiger partial charge in [-0.1, -0.05) is 54.1 Å². The van der Waals surface area contributed by atoms with Gasteiger partial charge in [0.25, 0.3) is 0 Å². The third-order valence-corrected chi connectivity index (χ3v) is 8.79. The molecule has 0 N–H and O–H groups in total. The van der Waals surface area contributed by atoms with Gasteiger partial charge in [-0.2, -0.15) is 0 Å². The molecule has 0 heterocycles. The molecule has 0 aromatic heterocycles. The van der Waals surface area contributed by atoms with E-state index in [1.54, 1.807) is 0 Å². The van der Waals surface area contributed by atoms with Gasteiger partial charge in [-0.05, 0) is 187 Å². The monoisotopic (exact) mass is 520 g/mol. The highest BCUT2D eigenvalue weighted by atomic mass is 14.1. The molecule has 0 saturated heterocycles. The lowest BCUT2D eigenvalue weighted by Crippen LogP contribution is -1.96. The van der Waals surface area contributed by atoms with Crippen molar-refractivity contribution in [3.05, 3.63) is 138 Å². The van der Waals surface area contributed by atoms with Gasteiger partial charge >= 0.3 is 0 Å². The first kappa shape index (κ1) is 32.1. The van der Waals surface area contributed by atoms with Crippen molar-refractivity contribution in [3.8, 4) is 0 Å². The summed E-state index contributed by atoms with van der Waals surface area (Å²) in [6, 6.07) is 18.1. The SMILES string of the molecule is Cc1cc(C)c(C)c(C)c1C.Cc1cc(Cc2cc(C)c(C)c(C)c2)cc(C)c1C.Cc1ccc(C)c(C)c1. The molecule has 0 spiro atoms. The molecule has 0 fully saturated rings. The maximum atomic E-state index is 2.33. The van der Waals surface area contributed by atoms with Crippen LogP contribution in [0.25, 0.3) is 0 Å². The van der Waals surface area contributed by atoms with Crippen LogP contribution in [0.15, 0.2) is 48.5 Å². The molecule has 0 saturated carbocycles. The first-order valence-electron chi connectivity index (χ1n) is 14.3. The van der Waals surface area contributed by atoms with Gasteiger partial charge in [-0.25, -0.2) is 0 Å². The molecule has 0 aliphatic carbocycles. The van der Waals surface area contributed by atoms with Gasteiger partial charge < -0.3 is 0 Å². The van der Waals surface area contributed by atoms with Crippen molar-refractivity contribution < 1.29 is 0 Å². The summed E-state index contributed by atoms with van der Waals surface area (Å²) in [5, 5.41) is 0. The molecule has 39 heavy (non-hydrogen) atoms. The van der Waals surface area contributed by atoms with Crippen LogP contribution < -0.4 is 0 Å². The molecule has 208 valence electrons. The Morgan fingerprint density at radius 1 is 0.308 bits per heavy atom. The third-order valence-electron chi connectivity index (χ3n) is 8.79. The topological polar surface area (TPSA) is 0 Å². The quantitative estimate of drug-likeness (QED) is 0.246. The van der Waals surface area contributed by atoms with Crippen LogP contribution >= 0.6 is 0 Å². The highest BCUT2D eigenvalue weighted by Gasteiger charge is 2.05. The molecule has 4 aromatic carbocycles. The van der Waals surface area contributed by atoms with Crippen LogP contribution in [-0.2, 0) is 6.42 Å². The molecular weight excluding hydrogens is 468 g/mol. The minimum absolute atomic E-state index is 1.03. The van der Waals surface area contributed by atoms with Gasteiger partial charge in [0.1, 0.15) is 0 Å². The molecule has 0 heteroatoms. The average molecular weight is 521 g/mol. The number of hydrogen-bond acceptors (Lipinski definition) is 0. The summed E-state index contributed by atoms with van der Waals surface area (Å²) in [5.41, 5.74) is 22.5. The van der Waals surface area contributed by atoms with Crippen molar-refractivity contribution in [2.75, 3.05) is 0 Å². The van der Waals surface area contributed by atoms with Gasteiger partial charge in [0.05, 0.1) is 0 Å². The van der Waals surface area contributed by atoms with E-state index in [0.717, 1.165) is 6.42 Å². The fraction of sp³-hybridized carbons (Fsp3) is 0.385. The van der Waals surface area contributed by atoms with E-state index in [2.05, 4.69) is 145 Å². The Kier molecular flexibility index (Phi) is 11.3. The van der Waals surface area contributed by atoms with E-state index >= 15 is 0 Å². The van der Waals surface area contributed by atoms with Crippen LogP contribution in [0.1, 0.15) is 89.0 Å². The van der Waals surface area contributed by atoms with Gasteiger partial charge in [-0.3, -0.25) is 0 Å². The van der Waals surface area contributed by atoms with Crippen molar-refractivity contribution in [2.24, 2.45) is 0 Å². The van der Waals surface area contributed by atoms with Crippen LogP contribution in [0.2, 0.25) is 0 Å². The van der Waals surface area contributed by atoms with Crippen molar-refractivity contribution in [1.29, 1.82) is 0 Å². The Morgan fingerprint density at radius 2 is 0.667 bits per heavy atom. The molecule has 0 radical (unpaired) electrons. The standard InChI is InChI=1S/C19H24.C11H16.C9H12/c1-12-7-18(8-13(2)16(12)5)11-19-9-14(3)17(6)15(4)10-19;1-7-6-8(2)10(4)11(5)9(7)3;1-7-4-5-8(2)9(3)6-7/h7-10H,11H2,1-6H3;6H,1-5H3;4-6H,1-3H3. The lowest BCUT2D eigenvalue weighted by Gasteiger charge is -2.12. The largest absolute Gasteiger partial charge is 0.0590 e. The molecular formula is C39H52. The summed E-state index contributed by atoms with van der Waals surface area (Å²) < 4.78 is 0. The summed E-state index contributed by atoms with van der Waals surface area (Å²) in [6.07, 6.45) is 1.03. The lowest BCUT2D eigenvalue weighted by molar-refractivity contribution is 1.12. The molecule has 0 bridgehead atoms. The Bertz CT molecular complexity index is 1320. The zero-order valence-corrected chi connectivity index (χ0v) is 27.3. The van der Waals surface area contributed by atoms with E-state index in [1.165, 1.54) is 89.0 Å². The summed E-state index contributed by atoms with van der Waals surface area (Å²) in [6.45, 7) is 30.6. The fourth-order valence-corrected chi connectivity index (χ4v) is 5.00. The minimum Gasteiger partial charge on any atom is -0.0590 e. The fourth-order valence-electron chi connectivity index (χ4n) is 5.00. The molecule has 0 aliphatic heterocycles. The third kappa shape index (κ3) is 8.69. The molecule has 4 rings (SSSR count). The Balaban J connectivity index is 0.000000226. The molecule has 0 aliphatic rings. The molecule has 0 atom stereocenters. The van der Waals surface area contributed by atoms with Crippen LogP contribution in [0.4, 0.5) is 0 Å². The summed E-state index contributed by atoms with van der Waals surface area (Å²) in [5.74, 6) is 0. The second-order valence-electron chi connectivity index (χ2n) is 11.9. The number of hydrogen-bond donors (Lipinski definition) is 0. The maximum Gasteiger partial charge on any atom is -0.00254 e. The predicted molar refractivity (Wildman–Crippen MR) is 175 cm³/mol. The van der Waals surface area contributed by atoms with Crippen LogP contribution in [0.3, 0.4) is 0 Å². The van der Waals surface area contributed by atoms with E-state index in [0.29, 0.717) is 0 Å². The van der Waals surface area contributed by atoms with E-state index in [9.17, 15) is 0 Å². The first-order valence-corrected chi connectivity index (χ1v) is 14.3. The highest BCUT2D eigenvalue weighted by Crippen LogP contribution is 2.22. The average Bonchev–Trinajstić information content (AvgIpc) is 2.86. The van der Waals surface area contributed by atoms with Crippen LogP contribution in [0, 0.1) is 96.9 Å². The Hall–Kier alpha value is -3.12. The van der Waals surface area contributed by atoms with E-state index in [-0.39, 0.29) is 0 Å². The van der Waals surface area contributed by atoms with Gasteiger partial charge in [0, 0.05) is 0 Å². The molecule has 4 aromatic rings. The maximum absolute atomic E-state index is 2.33. The summed E-state index contributed by atoms with van der Waals surface area (Å²) in [4.78, 5) is 0. The van der Waals surface area contributed by atoms with Crippen molar-refractivity contribution in [2.45, 2.75) is 103 Å². The summed E-state index contributed by atoms with van der Waals surface area (Å²) in [7, 11) is 0. The van der Waals surface area contributed by atoms with Gasteiger partial charge in [0.2, 0.25) is 0 Å². The summed E-state index contributed by atoms with van der Waals surface area (Å²) >= 11 is 0. The van der Waals surface area contributed by atoms with Crippen molar-refractivity contribution in [3.63, 3.8) is 0 Å². The van der Waals surface area contributed by atoms with Gasteiger partial charge in [-0.15, -0.1) is 0 Å². The minimum atomic E-state index is 1.03. The van der Waals surface area contributed by atoms with E-state index < -0.39 is 0 Å². The van der Waals surface area contributed by atoms with Gasteiger partial charge in [0.15, 0.2) is 0 Å². The first-order chi connectivity index (χ1) is 18.1. The van der Waals surface area contributed by atoms with Crippen molar-refractivity contribution in [1.82, 2.24) is 0 Å².